The standard InChI is InChI=1S/C20H22F2N4O2/c1-28-20-16(11-23)19(4-6-24-20)26-8-7-25(15(13-26)5-9-27)12-14-2-3-17(21)18(22)10-14/h2-4,6,10,15,27H,5,7-9,12-13H2,1H3/t15-/m1/s1. The highest BCUT2D eigenvalue weighted by molar-refractivity contribution is 5.63. The zero-order chi connectivity index (χ0) is 20.1. The number of rotatable bonds is 6. The van der Waals surface area contributed by atoms with Gasteiger partial charge in [-0.15, -0.1) is 0 Å². The highest BCUT2D eigenvalue weighted by atomic mass is 19.2. The average Bonchev–Trinajstić information content (AvgIpc) is 2.71. The zero-order valence-corrected chi connectivity index (χ0v) is 15.6. The molecule has 148 valence electrons. The maximum atomic E-state index is 13.5. The number of aromatic nitrogens is 1. The lowest BCUT2D eigenvalue weighted by Gasteiger charge is -2.42. The minimum Gasteiger partial charge on any atom is -0.480 e. The Kier molecular flexibility index (Phi) is 6.39. The van der Waals surface area contributed by atoms with Crippen molar-refractivity contribution in [1.29, 1.82) is 5.26 Å². The molecule has 8 heteroatoms. The van der Waals surface area contributed by atoms with Gasteiger partial charge < -0.3 is 14.7 Å². The number of nitrogens with zero attached hydrogens (tertiary/aromatic N) is 4. The molecule has 3 rings (SSSR count). The summed E-state index contributed by atoms with van der Waals surface area (Å²) in [5.74, 6) is -1.45. The molecule has 2 aromatic rings. The van der Waals surface area contributed by atoms with Crippen molar-refractivity contribution in [2.24, 2.45) is 0 Å². The van der Waals surface area contributed by atoms with E-state index in [1.165, 1.54) is 13.2 Å². The van der Waals surface area contributed by atoms with E-state index in [-0.39, 0.29) is 18.5 Å². The van der Waals surface area contributed by atoms with Crippen LogP contribution in [0.1, 0.15) is 17.5 Å². The zero-order valence-electron chi connectivity index (χ0n) is 15.6. The number of pyridine rings is 1. The number of hydrogen-bond acceptors (Lipinski definition) is 6. The summed E-state index contributed by atoms with van der Waals surface area (Å²) in [4.78, 5) is 8.29. The van der Waals surface area contributed by atoms with Crippen molar-refractivity contribution in [3.63, 3.8) is 0 Å². The lowest BCUT2D eigenvalue weighted by atomic mass is 10.1. The molecule has 1 fully saturated rings. The van der Waals surface area contributed by atoms with E-state index in [0.717, 1.165) is 11.8 Å². The van der Waals surface area contributed by atoms with Gasteiger partial charge in [-0.2, -0.15) is 5.26 Å². The number of hydrogen-bond donors (Lipinski definition) is 1. The van der Waals surface area contributed by atoms with Crippen molar-refractivity contribution in [1.82, 2.24) is 9.88 Å². The molecule has 0 spiro atoms. The number of anilines is 1. The lowest BCUT2D eigenvalue weighted by Crippen LogP contribution is -2.53. The van der Waals surface area contributed by atoms with Crippen LogP contribution in [0.15, 0.2) is 30.5 Å². The molecule has 1 atom stereocenters. The molecule has 0 saturated carbocycles. The highest BCUT2D eigenvalue weighted by Gasteiger charge is 2.29. The summed E-state index contributed by atoms with van der Waals surface area (Å²) in [6, 6.07) is 7.84. The third kappa shape index (κ3) is 4.21. The molecule has 0 bridgehead atoms. The fourth-order valence-electron chi connectivity index (χ4n) is 3.57. The Morgan fingerprint density at radius 2 is 2.11 bits per heavy atom. The normalized spacial score (nSPS) is 17.4. The molecular formula is C20H22F2N4O2. The minimum absolute atomic E-state index is 0.00225. The van der Waals surface area contributed by atoms with Crippen LogP contribution in [0.2, 0.25) is 0 Å². The second-order valence-corrected chi connectivity index (χ2v) is 6.66. The van der Waals surface area contributed by atoms with Gasteiger partial charge in [0.2, 0.25) is 5.88 Å². The molecule has 0 amide bonds. The van der Waals surface area contributed by atoms with Crippen molar-refractivity contribution in [2.75, 3.05) is 38.3 Å². The Labute approximate surface area is 162 Å². The summed E-state index contributed by atoms with van der Waals surface area (Å²) >= 11 is 0. The SMILES string of the molecule is COc1nccc(N2CCN(Cc3ccc(F)c(F)c3)[C@H](CCO)C2)c1C#N. The van der Waals surface area contributed by atoms with Crippen LogP contribution in [0.3, 0.4) is 0 Å². The molecule has 1 saturated heterocycles. The summed E-state index contributed by atoms with van der Waals surface area (Å²) in [5, 5.41) is 19.0. The van der Waals surface area contributed by atoms with Crippen LogP contribution in [0, 0.1) is 23.0 Å². The van der Waals surface area contributed by atoms with Crippen LogP contribution in [-0.2, 0) is 6.54 Å². The van der Waals surface area contributed by atoms with Crippen molar-refractivity contribution >= 4 is 5.69 Å². The second kappa shape index (κ2) is 8.95. The van der Waals surface area contributed by atoms with E-state index in [4.69, 9.17) is 4.74 Å². The van der Waals surface area contributed by atoms with Crippen LogP contribution >= 0.6 is 0 Å². The number of halogens is 2. The van der Waals surface area contributed by atoms with E-state index in [9.17, 15) is 19.1 Å². The van der Waals surface area contributed by atoms with E-state index >= 15 is 0 Å². The molecule has 1 aromatic carbocycles. The molecule has 0 aliphatic carbocycles. The van der Waals surface area contributed by atoms with Gasteiger partial charge in [-0.25, -0.2) is 13.8 Å². The first-order valence-corrected chi connectivity index (χ1v) is 9.04. The van der Waals surface area contributed by atoms with Gasteiger partial charge in [-0.05, 0) is 30.2 Å². The Morgan fingerprint density at radius 1 is 1.29 bits per heavy atom. The third-order valence-electron chi connectivity index (χ3n) is 4.98. The molecule has 0 radical (unpaired) electrons. The molecule has 0 unspecified atom stereocenters. The van der Waals surface area contributed by atoms with E-state index < -0.39 is 11.6 Å². The maximum absolute atomic E-state index is 13.5. The lowest BCUT2D eigenvalue weighted by molar-refractivity contribution is 0.135. The first kappa shape index (κ1) is 20.0. The minimum atomic E-state index is -0.865. The van der Waals surface area contributed by atoms with E-state index in [1.807, 2.05) is 0 Å². The van der Waals surface area contributed by atoms with Crippen molar-refractivity contribution < 1.29 is 18.6 Å². The van der Waals surface area contributed by atoms with Crippen LogP contribution in [0.4, 0.5) is 14.5 Å². The van der Waals surface area contributed by atoms with Gasteiger partial charge in [0, 0.05) is 45.0 Å². The Morgan fingerprint density at radius 3 is 2.79 bits per heavy atom. The van der Waals surface area contributed by atoms with Gasteiger partial charge in [-0.3, -0.25) is 4.90 Å². The van der Waals surface area contributed by atoms with Crippen LogP contribution in [0.25, 0.3) is 0 Å². The molecule has 1 N–H and O–H groups in total. The van der Waals surface area contributed by atoms with Crippen LogP contribution in [0.5, 0.6) is 5.88 Å². The Hall–Kier alpha value is -2.76. The van der Waals surface area contributed by atoms with E-state index in [1.54, 1.807) is 18.3 Å². The van der Waals surface area contributed by atoms with Gasteiger partial charge >= 0.3 is 0 Å². The molecule has 1 aromatic heterocycles. The van der Waals surface area contributed by atoms with Crippen molar-refractivity contribution in [3.8, 4) is 11.9 Å². The highest BCUT2D eigenvalue weighted by Crippen LogP contribution is 2.29. The van der Waals surface area contributed by atoms with Crippen LogP contribution in [-0.4, -0.2) is 54.4 Å². The van der Waals surface area contributed by atoms with E-state index in [2.05, 4.69) is 20.9 Å². The summed E-state index contributed by atoms with van der Waals surface area (Å²) in [6.07, 6.45) is 2.13. The quantitative estimate of drug-likeness (QED) is 0.819. The number of methoxy groups -OCH3 is 1. The third-order valence-corrected chi connectivity index (χ3v) is 4.98. The number of piperazine rings is 1. The van der Waals surface area contributed by atoms with Crippen molar-refractivity contribution in [3.05, 3.63) is 53.2 Å². The number of aliphatic hydroxyl groups is 1. The topological polar surface area (TPSA) is 72.6 Å². The van der Waals surface area contributed by atoms with Crippen molar-refractivity contribution in [2.45, 2.75) is 19.0 Å². The molecule has 1 aliphatic heterocycles. The largest absolute Gasteiger partial charge is 0.480 e. The number of ether oxygens (including phenoxy) is 1. The molecule has 1 aliphatic rings. The van der Waals surface area contributed by atoms with Gasteiger partial charge in [0.05, 0.1) is 12.8 Å². The molecule has 2 heterocycles. The Balaban J connectivity index is 1.79. The predicted molar refractivity (Wildman–Crippen MR) is 100.0 cm³/mol. The Bertz CT molecular complexity index is 872. The van der Waals surface area contributed by atoms with Gasteiger partial charge in [-0.1, -0.05) is 6.07 Å². The van der Waals surface area contributed by atoms with Gasteiger partial charge in [0.1, 0.15) is 11.6 Å². The molecular weight excluding hydrogens is 366 g/mol. The fourth-order valence-corrected chi connectivity index (χ4v) is 3.57. The maximum Gasteiger partial charge on any atom is 0.233 e. The summed E-state index contributed by atoms with van der Waals surface area (Å²) in [7, 11) is 1.47. The predicted octanol–water partition coefficient (Wildman–Crippen LogP) is 2.31. The summed E-state index contributed by atoms with van der Waals surface area (Å²) < 4.78 is 31.9. The smallest absolute Gasteiger partial charge is 0.233 e. The number of aliphatic hydroxyl groups excluding tert-OH is 1. The van der Waals surface area contributed by atoms with E-state index in [0.29, 0.717) is 43.7 Å². The average molecular weight is 388 g/mol. The number of benzene rings is 1. The van der Waals surface area contributed by atoms with Crippen LogP contribution < -0.4 is 9.64 Å². The second-order valence-electron chi connectivity index (χ2n) is 6.66. The first-order valence-electron chi connectivity index (χ1n) is 9.04. The summed E-state index contributed by atoms with van der Waals surface area (Å²) in [5.41, 5.74) is 1.80. The first-order chi connectivity index (χ1) is 13.6. The van der Waals surface area contributed by atoms with Gasteiger partial charge in [0.25, 0.3) is 0 Å². The fraction of sp³-hybridized carbons (Fsp3) is 0.400. The molecule has 6 nitrogen and oxygen atoms in total. The monoisotopic (exact) mass is 388 g/mol. The van der Waals surface area contributed by atoms with Gasteiger partial charge in [0.15, 0.2) is 11.6 Å². The summed E-state index contributed by atoms with van der Waals surface area (Å²) in [6.45, 7) is 2.36. The number of nitriles is 1. The molecule has 28 heavy (non-hydrogen) atoms.